The van der Waals surface area contributed by atoms with Crippen molar-refractivity contribution in [2.24, 2.45) is 11.7 Å². The van der Waals surface area contributed by atoms with E-state index in [1.807, 2.05) is 12.1 Å². The van der Waals surface area contributed by atoms with Crippen LogP contribution in [0.3, 0.4) is 0 Å². The van der Waals surface area contributed by atoms with Gasteiger partial charge < -0.3 is 10.5 Å². The van der Waals surface area contributed by atoms with E-state index in [9.17, 15) is 0 Å². The molecular formula is C14H22BrNO. The van der Waals surface area contributed by atoms with Crippen molar-refractivity contribution in [3.8, 4) is 5.75 Å². The largest absolute Gasteiger partial charge is 0.489 e. The molecule has 0 spiro atoms. The van der Waals surface area contributed by atoms with Gasteiger partial charge in [0.05, 0.1) is 0 Å². The molecule has 17 heavy (non-hydrogen) atoms. The fraction of sp³-hybridized carbons (Fsp3) is 0.571. The Labute approximate surface area is 113 Å². The first-order valence-corrected chi connectivity index (χ1v) is 6.91. The summed E-state index contributed by atoms with van der Waals surface area (Å²) in [5.74, 6) is 1.81. The average molecular weight is 300 g/mol. The van der Waals surface area contributed by atoms with Gasteiger partial charge in [-0.1, -0.05) is 43.6 Å². The van der Waals surface area contributed by atoms with E-state index in [-0.39, 0.29) is 6.10 Å². The van der Waals surface area contributed by atoms with Gasteiger partial charge in [0, 0.05) is 11.0 Å². The third-order valence-corrected chi connectivity index (χ3v) is 3.34. The van der Waals surface area contributed by atoms with Crippen molar-refractivity contribution in [2.75, 3.05) is 6.54 Å². The molecule has 1 aromatic rings. The molecule has 2 N–H and O–H groups in total. The SMILES string of the molecule is CC(C)c1cc(Br)ccc1OC(CN)C(C)C. The minimum absolute atomic E-state index is 0.0775. The van der Waals surface area contributed by atoms with Crippen LogP contribution in [0.15, 0.2) is 22.7 Å². The summed E-state index contributed by atoms with van der Waals surface area (Å²) in [6.45, 7) is 9.14. The van der Waals surface area contributed by atoms with E-state index in [0.717, 1.165) is 10.2 Å². The second kappa shape index (κ2) is 6.41. The quantitative estimate of drug-likeness (QED) is 0.894. The van der Waals surface area contributed by atoms with Gasteiger partial charge in [0.25, 0.3) is 0 Å². The van der Waals surface area contributed by atoms with Crippen molar-refractivity contribution in [2.45, 2.75) is 39.7 Å². The van der Waals surface area contributed by atoms with E-state index in [2.05, 4.69) is 49.7 Å². The van der Waals surface area contributed by atoms with Gasteiger partial charge >= 0.3 is 0 Å². The van der Waals surface area contributed by atoms with Crippen LogP contribution < -0.4 is 10.5 Å². The highest BCUT2D eigenvalue weighted by molar-refractivity contribution is 9.10. The molecule has 0 aliphatic carbocycles. The van der Waals surface area contributed by atoms with Crippen molar-refractivity contribution in [1.82, 2.24) is 0 Å². The van der Waals surface area contributed by atoms with E-state index in [1.165, 1.54) is 5.56 Å². The molecule has 0 radical (unpaired) electrons. The van der Waals surface area contributed by atoms with E-state index < -0.39 is 0 Å². The highest BCUT2D eigenvalue weighted by Crippen LogP contribution is 2.30. The number of hydrogen-bond acceptors (Lipinski definition) is 2. The second-order valence-electron chi connectivity index (χ2n) is 4.97. The molecule has 2 nitrogen and oxygen atoms in total. The standard InChI is InChI=1S/C14H22BrNO/c1-9(2)12-7-11(15)5-6-13(12)17-14(8-16)10(3)4/h5-7,9-10,14H,8,16H2,1-4H3. The third-order valence-electron chi connectivity index (χ3n) is 2.85. The molecule has 0 fully saturated rings. The summed E-state index contributed by atoms with van der Waals surface area (Å²) in [7, 11) is 0. The number of halogens is 1. The smallest absolute Gasteiger partial charge is 0.123 e. The summed E-state index contributed by atoms with van der Waals surface area (Å²) >= 11 is 3.50. The molecule has 1 rings (SSSR count). The van der Waals surface area contributed by atoms with E-state index in [4.69, 9.17) is 10.5 Å². The lowest BCUT2D eigenvalue weighted by Gasteiger charge is -2.23. The Bertz CT molecular complexity index is 363. The van der Waals surface area contributed by atoms with Crippen LogP contribution in [-0.4, -0.2) is 12.6 Å². The molecule has 96 valence electrons. The summed E-state index contributed by atoms with van der Waals surface area (Å²) in [5, 5.41) is 0. The van der Waals surface area contributed by atoms with E-state index in [1.54, 1.807) is 0 Å². The van der Waals surface area contributed by atoms with Crippen LogP contribution in [0.5, 0.6) is 5.75 Å². The van der Waals surface area contributed by atoms with Gasteiger partial charge in [-0.2, -0.15) is 0 Å². The van der Waals surface area contributed by atoms with Crippen molar-refractivity contribution < 1.29 is 4.74 Å². The maximum Gasteiger partial charge on any atom is 0.123 e. The number of nitrogens with two attached hydrogens (primary N) is 1. The van der Waals surface area contributed by atoms with Crippen molar-refractivity contribution in [1.29, 1.82) is 0 Å². The van der Waals surface area contributed by atoms with Crippen molar-refractivity contribution in [3.63, 3.8) is 0 Å². The van der Waals surface area contributed by atoms with Gasteiger partial charge in [-0.3, -0.25) is 0 Å². The Morgan fingerprint density at radius 3 is 2.35 bits per heavy atom. The minimum atomic E-state index is 0.0775. The summed E-state index contributed by atoms with van der Waals surface area (Å²) in [6, 6.07) is 6.15. The molecule has 0 bridgehead atoms. The maximum absolute atomic E-state index is 6.03. The highest BCUT2D eigenvalue weighted by atomic mass is 79.9. The molecule has 0 saturated heterocycles. The Hall–Kier alpha value is -0.540. The molecule has 1 unspecified atom stereocenters. The van der Waals surface area contributed by atoms with Gasteiger partial charge in [-0.25, -0.2) is 0 Å². The summed E-state index contributed by atoms with van der Waals surface area (Å²) < 4.78 is 7.11. The monoisotopic (exact) mass is 299 g/mol. The van der Waals surface area contributed by atoms with Crippen molar-refractivity contribution in [3.05, 3.63) is 28.2 Å². The first-order valence-electron chi connectivity index (χ1n) is 6.11. The van der Waals surface area contributed by atoms with Crippen LogP contribution in [0.4, 0.5) is 0 Å². The Balaban J connectivity index is 2.97. The predicted octanol–water partition coefficient (Wildman–Crippen LogP) is 3.93. The van der Waals surface area contributed by atoms with E-state index in [0.29, 0.717) is 18.4 Å². The lowest BCUT2D eigenvalue weighted by Crippen LogP contribution is -2.32. The molecule has 3 heteroatoms. The molecule has 0 aliphatic rings. The molecule has 0 saturated carbocycles. The topological polar surface area (TPSA) is 35.2 Å². The molecule has 0 amide bonds. The highest BCUT2D eigenvalue weighted by Gasteiger charge is 2.16. The summed E-state index contributed by atoms with van der Waals surface area (Å²) in [4.78, 5) is 0. The lowest BCUT2D eigenvalue weighted by atomic mass is 10.0. The molecular weight excluding hydrogens is 278 g/mol. The van der Waals surface area contributed by atoms with Gasteiger partial charge in [-0.15, -0.1) is 0 Å². The van der Waals surface area contributed by atoms with E-state index >= 15 is 0 Å². The molecule has 0 aliphatic heterocycles. The predicted molar refractivity (Wildman–Crippen MR) is 76.5 cm³/mol. The van der Waals surface area contributed by atoms with Crippen LogP contribution in [0.2, 0.25) is 0 Å². The zero-order valence-corrected chi connectivity index (χ0v) is 12.6. The summed E-state index contributed by atoms with van der Waals surface area (Å²) in [6.07, 6.45) is 0.0775. The Kier molecular flexibility index (Phi) is 5.47. The zero-order valence-electron chi connectivity index (χ0n) is 11.0. The van der Waals surface area contributed by atoms with Crippen LogP contribution in [0, 0.1) is 5.92 Å². The first kappa shape index (κ1) is 14.5. The molecule has 1 atom stereocenters. The van der Waals surface area contributed by atoms with Gasteiger partial charge in [0.1, 0.15) is 11.9 Å². The minimum Gasteiger partial charge on any atom is -0.489 e. The number of hydrogen-bond donors (Lipinski definition) is 1. The fourth-order valence-corrected chi connectivity index (χ4v) is 2.08. The number of rotatable bonds is 5. The van der Waals surface area contributed by atoms with Gasteiger partial charge in [0.15, 0.2) is 0 Å². The van der Waals surface area contributed by atoms with Crippen LogP contribution in [-0.2, 0) is 0 Å². The summed E-state index contributed by atoms with van der Waals surface area (Å²) in [5.41, 5.74) is 6.96. The second-order valence-corrected chi connectivity index (χ2v) is 5.89. The normalized spacial score (nSPS) is 13.2. The van der Waals surface area contributed by atoms with Gasteiger partial charge in [0.2, 0.25) is 0 Å². The molecule has 1 aromatic carbocycles. The number of ether oxygens (including phenoxy) is 1. The van der Waals surface area contributed by atoms with Crippen molar-refractivity contribution >= 4 is 15.9 Å². The lowest BCUT2D eigenvalue weighted by molar-refractivity contribution is 0.157. The fourth-order valence-electron chi connectivity index (χ4n) is 1.70. The molecule has 0 aromatic heterocycles. The Morgan fingerprint density at radius 1 is 1.24 bits per heavy atom. The van der Waals surface area contributed by atoms with Gasteiger partial charge in [-0.05, 0) is 35.6 Å². The molecule has 0 heterocycles. The Morgan fingerprint density at radius 2 is 1.88 bits per heavy atom. The number of benzene rings is 1. The third kappa shape index (κ3) is 4.00. The zero-order chi connectivity index (χ0) is 13.0. The van der Waals surface area contributed by atoms with Crippen LogP contribution in [0.1, 0.15) is 39.2 Å². The first-order chi connectivity index (χ1) is 7.95. The van der Waals surface area contributed by atoms with Crippen LogP contribution in [0.25, 0.3) is 0 Å². The van der Waals surface area contributed by atoms with Crippen LogP contribution >= 0.6 is 15.9 Å². The average Bonchev–Trinajstić information content (AvgIpc) is 2.26. The maximum atomic E-state index is 6.03.